The second kappa shape index (κ2) is 6.92. The van der Waals surface area contributed by atoms with Gasteiger partial charge in [0.05, 0.1) is 16.7 Å². The van der Waals surface area contributed by atoms with Crippen LogP contribution in [0.2, 0.25) is 0 Å². The van der Waals surface area contributed by atoms with Crippen molar-refractivity contribution in [1.82, 2.24) is 14.9 Å². The molecule has 5 heteroatoms. The van der Waals surface area contributed by atoms with Crippen molar-refractivity contribution in [3.63, 3.8) is 0 Å². The van der Waals surface area contributed by atoms with E-state index >= 15 is 0 Å². The average Bonchev–Trinajstić information content (AvgIpc) is 3.08. The van der Waals surface area contributed by atoms with E-state index in [2.05, 4.69) is 28.2 Å². The Balaban J connectivity index is 1.38. The molecule has 0 saturated carbocycles. The van der Waals surface area contributed by atoms with Gasteiger partial charge in [-0.25, -0.2) is 4.98 Å². The van der Waals surface area contributed by atoms with Gasteiger partial charge in [-0.1, -0.05) is 18.2 Å². The van der Waals surface area contributed by atoms with Crippen molar-refractivity contribution < 1.29 is 4.79 Å². The van der Waals surface area contributed by atoms with E-state index in [1.54, 1.807) is 5.51 Å². The molecule has 4 nitrogen and oxygen atoms in total. The first kappa shape index (κ1) is 16.2. The van der Waals surface area contributed by atoms with Crippen molar-refractivity contribution in [2.45, 2.75) is 26.2 Å². The van der Waals surface area contributed by atoms with Crippen LogP contribution in [0.1, 0.15) is 33.8 Å². The van der Waals surface area contributed by atoms with Crippen LogP contribution in [0.5, 0.6) is 0 Å². The van der Waals surface area contributed by atoms with E-state index in [1.807, 2.05) is 30.2 Å². The molecule has 1 aliphatic heterocycles. The molecule has 0 radical (unpaired) electrons. The highest BCUT2D eigenvalue weighted by molar-refractivity contribution is 7.11. The Morgan fingerprint density at radius 3 is 2.80 bits per heavy atom. The summed E-state index contributed by atoms with van der Waals surface area (Å²) >= 11 is 1.45. The highest BCUT2D eigenvalue weighted by Crippen LogP contribution is 2.25. The molecule has 1 fully saturated rings. The van der Waals surface area contributed by atoms with Crippen LogP contribution < -0.4 is 0 Å². The van der Waals surface area contributed by atoms with Gasteiger partial charge in [-0.15, -0.1) is 11.3 Å². The summed E-state index contributed by atoms with van der Waals surface area (Å²) in [6.07, 6.45) is 5.15. The van der Waals surface area contributed by atoms with Crippen LogP contribution in [0.25, 0.3) is 10.9 Å². The fraction of sp³-hybridized carbons (Fsp3) is 0.350. The van der Waals surface area contributed by atoms with Crippen LogP contribution in [-0.4, -0.2) is 33.9 Å². The zero-order valence-electron chi connectivity index (χ0n) is 14.3. The fourth-order valence-corrected chi connectivity index (χ4v) is 4.32. The molecule has 1 amide bonds. The molecule has 0 atom stereocenters. The van der Waals surface area contributed by atoms with Crippen LogP contribution in [0.4, 0.5) is 0 Å². The number of thiazole rings is 1. The lowest BCUT2D eigenvalue weighted by Gasteiger charge is -2.32. The second-order valence-corrected chi connectivity index (χ2v) is 7.60. The lowest BCUT2D eigenvalue weighted by Crippen LogP contribution is -2.38. The Kier molecular flexibility index (Phi) is 4.49. The zero-order chi connectivity index (χ0) is 17.2. The third-order valence-electron chi connectivity index (χ3n) is 5.01. The molecule has 1 saturated heterocycles. The first-order chi connectivity index (χ1) is 12.2. The second-order valence-electron chi connectivity index (χ2n) is 6.74. The number of aromatic nitrogens is 2. The maximum absolute atomic E-state index is 12.6. The molecule has 4 rings (SSSR count). The number of fused-ring (bicyclic) bond motifs is 1. The predicted molar refractivity (Wildman–Crippen MR) is 101 cm³/mol. The van der Waals surface area contributed by atoms with Crippen LogP contribution in [-0.2, 0) is 6.42 Å². The topological polar surface area (TPSA) is 46.1 Å². The Morgan fingerprint density at radius 1 is 1.24 bits per heavy atom. The van der Waals surface area contributed by atoms with E-state index in [0.29, 0.717) is 5.92 Å². The number of para-hydroxylation sites is 1. The average molecular weight is 351 g/mol. The van der Waals surface area contributed by atoms with Crippen molar-refractivity contribution in [2.24, 2.45) is 5.92 Å². The van der Waals surface area contributed by atoms with Gasteiger partial charge in [-0.3, -0.25) is 9.78 Å². The van der Waals surface area contributed by atoms with Crippen molar-refractivity contribution in [3.8, 4) is 0 Å². The third kappa shape index (κ3) is 3.42. The number of nitrogens with zero attached hydrogens (tertiary/aromatic N) is 3. The number of carbonyl (C=O) groups excluding carboxylic acids is 1. The molecule has 0 unspecified atom stereocenters. The van der Waals surface area contributed by atoms with Gasteiger partial charge in [-0.05, 0) is 49.8 Å². The summed E-state index contributed by atoms with van der Waals surface area (Å²) < 4.78 is 0. The predicted octanol–water partition coefficient (Wildman–Crippen LogP) is 4.09. The quantitative estimate of drug-likeness (QED) is 0.714. The van der Waals surface area contributed by atoms with Gasteiger partial charge < -0.3 is 4.90 Å². The number of benzene rings is 1. The van der Waals surface area contributed by atoms with Crippen LogP contribution in [0.15, 0.2) is 42.0 Å². The molecular formula is C20H21N3OS. The smallest absolute Gasteiger partial charge is 0.265 e. The van der Waals surface area contributed by atoms with Crippen LogP contribution >= 0.6 is 11.3 Å². The van der Waals surface area contributed by atoms with Gasteiger partial charge in [0.25, 0.3) is 5.91 Å². The maximum Gasteiger partial charge on any atom is 0.265 e. The Hall–Kier alpha value is -2.27. The SMILES string of the molecule is Cc1ncsc1C(=O)N1CCC(Cc2cnc3ccccc3c2)CC1. The van der Waals surface area contributed by atoms with Gasteiger partial charge in [0, 0.05) is 24.7 Å². The minimum atomic E-state index is 0.144. The molecule has 3 heterocycles. The normalized spacial score (nSPS) is 15.6. The summed E-state index contributed by atoms with van der Waals surface area (Å²) in [7, 11) is 0. The number of pyridine rings is 1. The van der Waals surface area contributed by atoms with Crippen molar-refractivity contribution >= 4 is 28.1 Å². The minimum absolute atomic E-state index is 0.144. The van der Waals surface area contributed by atoms with Crippen molar-refractivity contribution in [1.29, 1.82) is 0 Å². The van der Waals surface area contributed by atoms with Gasteiger partial charge in [-0.2, -0.15) is 0 Å². The third-order valence-corrected chi connectivity index (χ3v) is 5.93. The molecule has 0 aliphatic carbocycles. The summed E-state index contributed by atoms with van der Waals surface area (Å²) in [6.45, 7) is 3.58. The highest BCUT2D eigenvalue weighted by Gasteiger charge is 2.25. The molecule has 0 spiro atoms. The lowest BCUT2D eigenvalue weighted by molar-refractivity contribution is 0.0694. The minimum Gasteiger partial charge on any atom is -0.338 e. The van der Waals surface area contributed by atoms with E-state index in [1.165, 1.54) is 22.3 Å². The molecule has 2 aromatic heterocycles. The van der Waals surface area contributed by atoms with Crippen LogP contribution in [0.3, 0.4) is 0 Å². The highest BCUT2D eigenvalue weighted by atomic mass is 32.1. The monoisotopic (exact) mass is 351 g/mol. The van der Waals surface area contributed by atoms with E-state index < -0.39 is 0 Å². The standard InChI is InChI=1S/C20H21N3OS/c1-14-19(25-13-22-14)20(24)23-8-6-15(7-9-23)10-16-11-17-4-2-3-5-18(17)21-12-16/h2-5,11-13,15H,6-10H2,1H3. The van der Waals surface area contributed by atoms with Gasteiger partial charge in [0.2, 0.25) is 0 Å². The Morgan fingerprint density at radius 2 is 2.04 bits per heavy atom. The number of hydrogen-bond donors (Lipinski definition) is 0. The molecule has 0 bridgehead atoms. The number of piperidine rings is 1. The maximum atomic E-state index is 12.6. The molecule has 25 heavy (non-hydrogen) atoms. The summed E-state index contributed by atoms with van der Waals surface area (Å²) in [6, 6.07) is 10.5. The van der Waals surface area contributed by atoms with Gasteiger partial charge in [0.15, 0.2) is 0 Å². The Bertz CT molecular complexity index is 897. The first-order valence-corrected chi connectivity index (χ1v) is 9.61. The zero-order valence-corrected chi connectivity index (χ0v) is 15.1. The van der Waals surface area contributed by atoms with E-state index in [-0.39, 0.29) is 5.91 Å². The van der Waals surface area contributed by atoms with Crippen molar-refractivity contribution in [3.05, 3.63) is 58.2 Å². The van der Waals surface area contributed by atoms with Crippen LogP contribution in [0, 0.1) is 12.8 Å². The van der Waals surface area contributed by atoms with E-state index in [0.717, 1.165) is 48.4 Å². The number of hydrogen-bond acceptors (Lipinski definition) is 4. The van der Waals surface area contributed by atoms with Gasteiger partial charge in [0.1, 0.15) is 4.88 Å². The molecule has 1 aliphatic rings. The number of rotatable bonds is 3. The number of aryl methyl sites for hydroxylation is 1. The first-order valence-electron chi connectivity index (χ1n) is 8.74. The number of amides is 1. The van der Waals surface area contributed by atoms with E-state index in [4.69, 9.17) is 0 Å². The summed E-state index contributed by atoms with van der Waals surface area (Å²) in [4.78, 5) is 24.1. The number of carbonyl (C=O) groups is 1. The Labute approximate surface area is 151 Å². The van der Waals surface area contributed by atoms with Gasteiger partial charge >= 0.3 is 0 Å². The molecule has 3 aromatic rings. The molecule has 1 aromatic carbocycles. The fourth-order valence-electron chi connectivity index (χ4n) is 3.55. The molecule has 128 valence electrons. The lowest BCUT2D eigenvalue weighted by atomic mass is 9.90. The van der Waals surface area contributed by atoms with Crippen molar-refractivity contribution in [2.75, 3.05) is 13.1 Å². The largest absolute Gasteiger partial charge is 0.338 e. The molecule has 0 N–H and O–H groups in total. The summed E-state index contributed by atoms with van der Waals surface area (Å²) in [5.41, 5.74) is 4.94. The van der Waals surface area contributed by atoms with E-state index in [9.17, 15) is 4.79 Å². The molecular weight excluding hydrogens is 330 g/mol. The summed E-state index contributed by atoms with van der Waals surface area (Å²) in [5.74, 6) is 0.764. The number of likely N-dealkylation sites (tertiary alicyclic amines) is 1. The summed E-state index contributed by atoms with van der Waals surface area (Å²) in [5, 5.41) is 1.20.